The lowest BCUT2D eigenvalue weighted by Crippen LogP contribution is -2.22. The van der Waals surface area contributed by atoms with Crippen LogP contribution in [-0.2, 0) is 11.0 Å². The molecule has 1 N–H and O–H groups in total. The van der Waals surface area contributed by atoms with Gasteiger partial charge in [-0.1, -0.05) is 20.8 Å². The van der Waals surface area contributed by atoms with Crippen molar-refractivity contribution in [2.24, 2.45) is 0 Å². The molecule has 0 aliphatic rings. The number of hydrogen-bond donors (Lipinski definition) is 1. The molecule has 0 fully saturated rings. The highest BCUT2D eigenvalue weighted by atomic mass is 15.3. The number of pyridine rings is 2. The van der Waals surface area contributed by atoms with Gasteiger partial charge in [0, 0.05) is 29.4 Å². The third-order valence-corrected chi connectivity index (χ3v) is 5.49. The van der Waals surface area contributed by atoms with Crippen LogP contribution in [0, 0.1) is 0 Å². The molecule has 5 aromatic rings. The molecule has 5 rings (SSSR count). The Balaban J connectivity index is 1.73. The van der Waals surface area contributed by atoms with Gasteiger partial charge in [0.15, 0.2) is 5.65 Å². The summed E-state index contributed by atoms with van der Waals surface area (Å²) in [5.74, 6) is 0. The first-order valence-electron chi connectivity index (χ1n) is 9.97. The van der Waals surface area contributed by atoms with E-state index in [-0.39, 0.29) is 11.0 Å². The van der Waals surface area contributed by atoms with E-state index in [1.54, 1.807) is 0 Å². The molecule has 0 saturated heterocycles. The Kier molecular flexibility index (Phi) is 3.51. The molecule has 6 heteroatoms. The van der Waals surface area contributed by atoms with Crippen molar-refractivity contribution in [2.75, 3.05) is 0 Å². The van der Waals surface area contributed by atoms with E-state index in [0.717, 1.165) is 38.8 Å². The minimum absolute atomic E-state index is 0.0671. The van der Waals surface area contributed by atoms with E-state index in [1.165, 1.54) is 5.56 Å². The zero-order valence-electron chi connectivity index (χ0n) is 17.8. The van der Waals surface area contributed by atoms with Gasteiger partial charge in [-0.2, -0.15) is 0 Å². The number of hydrogen-bond acceptors (Lipinski definition) is 3. The SMILES string of the molecule is CC(C)(C)c1cnc2c(ccn2-c2cnc3nc4c[nH]n(C(C)(C)C)c4cc23)c1. The van der Waals surface area contributed by atoms with Crippen LogP contribution in [0.2, 0.25) is 0 Å². The number of nitrogens with one attached hydrogen (secondary N) is 1. The van der Waals surface area contributed by atoms with Gasteiger partial charge in [0.05, 0.1) is 22.9 Å². The molecule has 0 unspecified atom stereocenters. The standard InChI is InChI=1S/C23H26N6/c1-22(2,3)15-9-14-7-8-28(21(14)25-11-15)19-13-24-20-16(19)10-18-17(27-20)12-26-29(18)23(4,5)6/h7-13,26H,1-6H3. The minimum atomic E-state index is -0.0671. The van der Waals surface area contributed by atoms with Crippen LogP contribution < -0.4 is 0 Å². The fourth-order valence-corrected chi connectivity index (χ4v) is 3.84. The first kappa shape index (κ1) is 17.9. The van der Waals surface area contributed by atoms with Crippen molar-refractivity contribution < 1.29 is 0 Å². The van der Waals surface area contributed by atoms with Gasteiger partial charge >= 0.3 is 0 Å². The van der Waals surface area contributed by atoms with Crippen LogP contribution in [0.15, 0.2) is 43.0 Å². The van der Waals surface area contributed by atoms with Gasteiger partial charge < -0.3 is 5.10 Å². The summed E-state index contributed by atoms with van der Waals surface area (Å²) >= 11 is 0. The van der Waals surface area contributed by atoms with Crippen LogP contribution in [0.25, 0.3) is 38.8 Å². The molecule has 0 amide bonds. The Morgan fingerprint density at radius 2 is 1.76 bits per heavy atom. The summed E-state index contributed by atoms with van der Waals surface area (Å²) in [6, 6.07) is 6.53. The van der Waals surface area contributed by atoms with Gasteiger partial charge in [-0.25, -0.2) is 15.0 Å². The number of H-pyrrole nitrogens is 1. The fraction of sp³-hybridized carbons (Fsp3) is 0.348. The first-order chi connectivity index (χ1) is 13.6. The van der Waals surface area contributed by atoms with Gasteiger partial charge in [-0.3, -0.25) is 9.25 Å². The van der Waals surface area contributed by atoms with E-state index >= 15 is 0 Å². The first-order valence-corrected chi connectivity index (χ1v) is 9.97. The zero-order chi connectivity index (χ0) is 20.6. The molecule has 0 atom stereocenters. The number of aromatic amines is 1. The van der Waals surface area contributed by atoms with Crippen molar-refractivity contribution in [1.82, 2.24) is 29.3 Å². The van der Waals surface area contributed by atoms with E-state index in [1.807, 2.05) is 18.6 Å². The molecule has 5 aromatic heterocycles. The Morgan fingerprint density at radius 1 is 0.966 bits per heavy atom. The van der Waals surface area contributed by atoms with Gasteiger partial charge in [0.25, 0.3) is 0 Å². The predicted molar refractivity (Wildman–Crippen MR) is 118 cm³/mol. The maximum absolute atomic E-state index is 4.78. The van der Waals surface area contributed by atoms with E-state index < -0.39 is 0 Å². The lowest BCUT2D eigenvalue weighted by molar-refractivity contribution is 0.368. The molecular weight excluding hydrogens is 360 g/mol. The molecule has 5 heterocycles. The minimum Gasteiger partial charge on any atom is -0.303 e. The average molecular weight is 387 g/mol. The van der Waals surface area contributed by atoms with Crippen molar-refractivity contribution in [1.29, 1.82) is 0 Å². The second-order valence-corrected chi connectivity index (χ2v) is 9.76. The highest BCUT2D eigenvalue weighted by molar-refractivity contribution is 5.96. The number of aromatic nitrogens is 6. The van der Waals surface area contributed by atoms with E-state index in [9.17, 15) is 0 Å². The quantitative estimate of drug-likeness (QED) is 0.425. The summed E-state index contributed by atoms with van der Waals surface area (Å²) < 4.78 is 4.26. The molecule has 148 valence electrons. The number of nitrogens with zero attached hydrogens (tertiary/aromatic N) is 5. The zero-order valence-corrected chi connectivity index (χ0v) is 17.8. The van der Waals surface area contributed by atoms with Crippen molar-refractivity contribution in [3.63, 3.8) is 0 Å². The van der Waals surface area contributed by atoms with E-state index in [4.69, 9.17) is 9.97 Å². The Labute approximate surface area is 169 Å². The summed E-state index contributed by atoms with van der Waals surface area (Å²) in [6.07, 6.45) is 7.88. The number of rotatable bonds is 1. The van der Waals surface area contributed by atoms with Crippen LogP contribution >= 0.6 is 0 Å². The molecule has 0 spiro atoms. The summed E-state index contributed by atoms with van der Waals surface area (Å²) in [5, 5.41) is 5.48. The Bertz CT molecular complexity index is 1370. The molecular formula is C23H26N6. The van der Waals surface area contributed by atoms with Crippen LogP contribution in [0.5, 0.6) is 0 Å². The largest absolute Gasteiger partial charge is 0.303 e. The molecule has 0 saturated carbocycles. The second-order valence-electron chi connectivity index (χ2n) is 9.76. The maximum Gasteiger partial charge on any atom is 0.162 e. The third-order valence-electron chi connectivity index (χ3n) is 5.49. The monoisotopic (exact) mass is 386 g/mol. The van der Waals surface area contributed by atoms with Crippen molar-refractivity contribution in [3.8, 4) is 5.69 Å². The molecule has 29 heavy (non-hydrogen) atoms. The smallest absolute Gasteiger partial charge is 0.162 e. The van der Waals surface area contributed by atoms with E-state index in [2.05, 4.69) is 85.3 Å². The van der Waals surface area contributed by atoms with Gasteiger partial charge in [-0.05, 0) is 49.9 Å². The Morgan fingerprint density at radius 3 is 2.48 bits per heavy atom. The predicted octanol–water partition coefficient (Wildman–Crippen LogP) is 5.30. The fourth-order valence-electron chi connectivity index (χ4n) is 3.84. The molecule has 0 bridgehead atoms. The lowest BCUT2D eigenvalue weighted by Gasteiger charge is -2.21. The van der Waals surface area contributed by atoms with Crippen LogP contribution in [0.4, 0.5) is 0 Å². The summed E-state index contributed by atoms with van der Waals surface area (Å²) in [6.45, 7) is 13.1. The lowest BCUT2D eigenvalue weighted by atomic mass is 9.88. The molecule has 0 aliphatic carbocycles. The molecule has 0 aliphatic heterocycles. The van der Waals surface area contributed by atoms with Crippen LogP contribution in [0.1, 0.15) is 47.1 Å². The highest BCUT2D eigenvalue weighted by Crippen LogP contribution is 2.31. The highest BCUT2D eigenvalue weighted by Gasteiger charge is 2.20. The van der Waals surface area contributed by atoms with Gasteiger partial charge in [-0.15, -0.1) is 0 Å². The van der Waals surface area contributed by atoms with Crippen molar-refractivity contribution in [3.05, 3.63) is 48.5 Å². The molecule has 6 nitrogen and oxygen atoms in total. The maximum atomic E-state index is 4.78. The van der Waals surface area contributed by atoms with Crippen LogP contribution in [0.3, 0.4) is 0 Å². The third kappa shape index (κ3) is 2.74. The van der Waals surface area contributed by atoms with E-state index in [0.29, 0.717) is 0 Å². The average Bonchev–Trinajstić information content (AvgIpc) is 3.33. The van der Waals surface area contributed by atoms with Crippen LogP contribution in [-0.4, -0.2) is 29.3 Å². The summed E-state index contributed by atoms with van der Waals surface area (Å²) in [5.41, 5.74) is 5.91. The second kappa shape index (κ2) is 5.69. The molecule has 0 aromatic carbocycles. The van der Waals surface area contributed by atoms with Gasteiger partial charge in [0.1, 0.15) is 11.2 Å². The Hall–Kier alpha value is -3.15. The van der Waals surface area contributed by atoms with Crippen molar-refractivity contribution >= 4 is 33.1 Å². The van der Waals surface area contributed by atoms with Gasteiger partial charge in [0.2, 0.25) is 0 Å². The number of fused-ring (bicyclic) bond motifs is 3. The topological polar surface area (TPSA) is 64.3 Å². The summed E-state index contributed by atoms with van der Waals surface area (Å²) in [7, 11) is 0. The summed E-state index contributed by atoms with van der Waals surface area (Å²) in [4.78, 5) is 14.1. The normalized spacial score (nSPS) is 13.2. The molecule has 0 radical (unpaired) electrons. The van der Waals surface area contributed by atoms with Crippen molar-refractivity contribution in [2.45, 2.75) is 52.5 Å².